The Hall–Kier alpha value is -0.880. The van der Waals surface area contributed by atoms with E-state index in [9.17, 15) is 17.2 Å². The van der Waals surface area contributed by atoms with E-state index in [0.717, 1.165) is 0 Å². The van der Waals surface area contributed by atoms with E-state index in [0.29, 0.717) is 16.7 Å². The fourth-order valence-electron chi connectivity index (χ4n) is 1.54. The number of halogens is 3. The van der Waals surface area contributed by atoms with Crippen LogP contribution in [0.25, 0.3) is 0 Å². The Morgan fingerprint density at radius 3 is 2.18 bits per heavy atom. The van der Waals surface area contributed by atoms with Crippen LogP contribution < -0.4 is 4.74 Å². The molecule has 17 heavy (non-hydrogen) atoms. The van der Waals surface area contributed by atoms with E-state index in [2.05, 4.69) is 4.74 Å². The Balaban J connectivity index is 3.48. The fraction of sp³-hybridized carbons (Fsp3) is 0.400. The van der Waals surface area contributed by atoms with Gasteiger partial charge in [0.2, 0.25) is 0 Å². The topological polar surface area (TPSA) is 43.4 Å². The smallest absolute Gasteiger partial charge is 0.387 e. The van der Waals surface area contributed by atoms with E-state index in [1.165, 1.54) is 26.8 Å². The monoisotopic (exact) mass is 284 g/mol. The molecule has 0 spiro atoms. The Kier molecular flexibility index (Phi) is 3.99. The molecule has 1 aromatic rings. The lowest BCUT2D eigenvalue weighted by molar-refractivity contribution is -0.0508. The van der Waals surface area contributed by atoms with Crippen molar-refractivity contribution in [2.45, 2.75) is 32.3 Å². The van der Waals surface area contributed by atoms with Gasteiger partial charge >= 0.3 is 6.61 Å². The minimum atomic E-state index is -3.89. The molecule has 0 saturated carbocycles. The summed E-state index contributed by atoms with van der Waals surface area (Å²) in [5.74, 6) is -0.0124. The summed E-state index contributed by atoms with van der Waals surface area (Å²) in [6.45, 7) is 1.52. The molecule has 0 aromatic heterocycles. The van der Waals surface area contributed by atoms with Crippen molar-refractivity contribution in [2.75, 3.05) is 0 Å². The van der Waals surface area contributed by atoms with Gasteiger partial charge < -0.3 is 4.74 Å². The van der Waals surface area contributed by atoms with Gasteiger partial charge in [0.05, 0.1) is 4.90 Å². The van der Waals surface area contributed by atoms with Gasteiger partial charge in [-0.3, -0.25) is 0 Å². The van der Waals surface area contributed by atoms with Gasteiger partial charge in [0, 0.05) is 10.7 Å². The lowest BCUT2D eigenvalue weighted by atomic mass is 10.1. The summed E-state index contributed by atoms with van der Waals surface area (Å²) in [5.41, 5.74) is 0.943. The van der Waals surface area contributed by atoms with E-state index in [4.69, 9.17) is 10.7 Å². The SMILES string of the molecule is Cc1cc(S(=O)(=O)Cl)c(C)c(C)c1OC(F)F. The quantitative estimate of drug-likeness (QED) is 0.801. The zero-order valence-corrected chi connectivity index (χ0v) is 11.0. The molecular weight excluding hydrogens is 274 g/mol. The predicted molar refractivity (Wildman–Crippen MR) is 60.3 cm³/mol. The number of hydrogen-bond acceptors (Lipinski definition) is 3. The van der Waals surface area contributed by atoms with E-state index in [1.54, 1.807) is 0 Å². The highest BCUT2D eigenvalue weighted by molar-refractivity contribution is 8.13. The molecular formula is C10H11ClF2O3S. The Morgan fingerprint density at radius 1 is 1.24 bits per heavy atom. The van der Waals surface area contributed by atoms with Crippen LogP contribution in [-0.2, 0) is 9.05 Å². The standard InChI is InChI=1S/C10H11ClF2O3S/c1-5-4-8(17(11,14)15)6(2)7(3)9(5)16-10(12)13/h4,10H,1-3H3. The fourth-order valence-corrected chi connectivity index (χ4v) is 2.86. The van der Waals surface area contributed by atoms with Gasteiger partial charge in [-0.15, -0.1) is 0 Å². The van der Waals surface area contributed by atoms with Crippen LogP contribution >= 0.6 is 10.7 Å². The predicted octanol–water partition coefficient (Wildman–Crippen LogP) is 3.14. The first-order valence-electron chi connectivity index (χ1n) is 4.65. The molecule has 7 heteroatoms. The van der Waals surface area contributed by atoms with Crippen LogP contribution in [0.2, 0.25) is 0 Å². The summed E-state index contributed by atoms with van der Waals surface area (Å²) >= 11 is 0. The molecule has 96 valence electrons. The molecule has 1 aromatic carbocycles. The second-order valence-electron chi connectivity index (χ2n) is 3.59. The maximum Gasteiger partial charge on any atom is 0.387 e. The van der Waals surface area contributed by atoms with Crippen molar-refractivity contribution in [2.24, 2.45) is 0 Å². The summed E-state index contributed by atoms with van der Waals surface area (Å²) in [6, 6.07) is 1.22. The normalized spacial score (nSPS) is 11.9. The van der Waals surface area contributed by atoms with E-state index in [1.807, 2.05) is 0 Å². The van der Waals surface area contributed by atoms with Crippen LogP contribution in [0.5, 0.6) is 5.75 Å². The molecule has 1 rings (SSSR count). The maximum absolute atomic E-state index is 12.2. The zero-order chi connectivity index (χ0) is 13.4. The summed E-state index contributed by atoms with van der Waals surface area (Å²) < 4.78 is 51.2. The highest BCUT2D eigenvalue weighted by Gasteiger charge is 2.20. The molecule has 0 saturated heterocycles. The van der Waals surface area contributed by atoms with Crippen molar-refractivity contribution < 1.29 is 21.9 Å². The maximum atomic E-state index is 12.2. The molecule has 0 aliphatic heterocycles. The van der Waals surface area contributed by atoms with Crippen LogP contribution in [0.3, 0.4) is 0 Å². The summed E-state index contributed by atoms with van der Waals surface area (Å²) in [5, 5.41) is 0. The molecule has 0 unspecified atom stereocenters. The average molecular weight is 285 g/mol. The molecule has 0 amide bonds. The highest BCUT2D eigenvalue weighted by atomic mass is 35.7. The molecule has 0 N–H and O–H groups in total. The van der Waals surface area contributed by atoms with Crippen molar-refractivity contribution in [3.8, 4) is 5.75 Å². The molecule has 0 fully saturated rings. The van der Waals surface area contributed by atoms with Gasteiger partial charge in [0.1, 0.15) is 5.75 Å². The van der Waals surface area contributed by atoms with Crippen LogP contribution in [0.4, 0.5) is 8.78 Å². The van der Waals surface area contributed by atoms with Crippen LogP contribution in [0.15, 0.2) is 11.0 Å². The molecule has 3 nitrogen and oxygen atoms in total. The lowest BCUT2D eigenvalue weighted by Gasteiger charge is -2.15. The minimum Gasteiger partial charge on any atom is -0.434 e. The van der Waals surface area contributed by atoms with Gasteiger partial charge in [0.15, 0.2) is 0 Å². The van der Waals surface area contributed by atoms with E-state index >= 15 is 0 Å². The number of ether oxygens (including phenoxy) is 1. The molecule has 0 bridgehead atoms. The third-order valence-corrected chi connectivity index (χ3v) is 3.90. The first-order chi connectivity index (χ1) is 7.64. The third-order valence-electron chi connectivity index (χ3n) is 2.45. The van der Waals surface area contributed by atoms with Crippen molar-refractivity contribution in [1.82, 2.24) is 0 Å². The average Bonchev–Trinajstić information content (AvgIpc) is 2.16. The molecule has 0 aliphatic carbocycles. The molecule has 0 atom stereocenters. The zero-order valence-electron chi connectivity index (χ0n) is 9.42. The molecule has 0 heterocycles. The Morgan fingerprint density at radius 2 is 1.76 bits per heavy atom. The van der Waals surface area contributed by atoms with Crippen LogP contribution in [-0.4, -0.2) is 15.0 Å². The highest BCUT2D eigenvalue weighted by Crippen LogP contribution is 2.33. The van der Waals surface area contributed by atoms with Gasteiger partial charge in [-0.05, 0) is 43.5 Å². The summed E-state index contributed by atoms with van der Waals surface area (Å²) in [6.07, 6.45) is 0. The van der Waals surface area contributed by atoms with Gasteiger partial charge in [0.25, 0.3) is 9.05 Å². The number of rotatable bonds is 3. The number of hydrogen-bond donors (Lipinski definition) is 0. The Labute approximate surface area is 103 Å². The minimum absolute atomic E-state index is 0.0124. The van der Waals surface area contributed by atoms with Crippen molar-refractivity contribution in [1.29, 1.82) is 0 Å². The molecule has 0 radical (unpaired) electrons. The second kappa shape index (κ2) is 4.78. The van der Waals surface area contributed by atoms with Gasteiger partial charge in [-0.2, -0.15) is 8.78 Å². The van der Waals surface area contributed by atoms with E-state index < -0.39 is 15.7 Å². The summed E-state index contributed by atoms with van der Waals surface area (Å²) in [7, 11) is 1.35. The number of benzene rings is 1. The number of alkyl halides is 2. The Bertz CT molecular complexity index is 541. The second-order valence-corrected chi connectivity index (χ2v) is 6.12. The van der Waals surface area contributed by atoms with Gasteiger partial charge in [-0.25, -0.2) is 8.42 Å². The largest absolute Gasteiger partial charge is 0.434 e. The van der Waals surface area contributed by atoms with Crippen LogP contribution in [0, 0.1) is 20.8 Å². The number of aryl methyl sites for hydroxylation is 1. The van der Waals surface area contributed by atoms with Crippen molar-refractivity contribution in [3.05, 3.63) is 22.8 Å². The summed E-state index contributed by atoms with van der Waals surface area (Å²) in [4.78, 5) is -0.0872. The third kappa shape index (κ3) is 3.07. The van der Waals surface area contributed by atoms with Crippen LogP contribution in [0.1, 0.15) is 16.7 Å². The van der Waals surface area contributed by atoms with Crippen molar-refractivity contribution in [3.63, 3.8) is 0 Å². The molecule has 0 aliphatic rings. The van der Waals surface area contributed by atoms with E-state index in [-0.39, 0.29) is 10.6 Å². The van der Waals surface area contributed by atoms with Crippen molar-refractivity contribution >= 4 is 19.7 Å². The lowest BCUT2D eigenvalue weighted by Crippen LogP contribution is -2.07. The van der Waals surface area contributed by atoms with Gasteiger partial charge in [-0.1, -0.05) is 0 Å². The first-order valence-corrected chi connectivity index (χ1v) is 6.95. The first kappa shape index (κ1) is 14.2.